The Balaban J connectivity index is 2.05. The molecule has 2 aromatic heterocycles. The van der Waals surface area contributed by atoms with Crippen LogP contribution < -0.4 is 16.6 Å². The van der Waals surface area contributed by atoms with Gasteiger partial charge < -0.3 is 15.3 Å². The minimum absolute atomic E-state index is 0.221. The SMILES string of the molecule is Cc1c(NN)ncnc1NC(C)Cn1ccnc1. The number of hydrazine groups is 1. The molecule has 7 nitrogen and oxygen atoms in total. The van der Waals surface area contributed by atoms with E-state index in [0.717, 1.165) is 17.9 Å². The number of rotatable bonds is 5. The number of imidazole rings is 1. The van der Waals surface area contributed by atoms with E-state index in [4.69, 9.17) is 5.84 Å². The molecule has 0 aromatic carbocycles. The molecule has 0 saturated carbocycles. The van der Waals surface area contributed by atoms with Gasteiger partial charge in [-0.2, -0.15) is 0 Å². The fraction of sp³-hybridized carbons (Fsp3) is 0.364. The van der Waals surface area contributed by atoms with Crippen molar-refractivity contribution in [2.45, 2.75) is 26.4 Å². The third kappa shape index (κ3) is 2.75. The van der Waals surface area contributed by atoms with Gasteiger partial charge in [0.25, 0.3) is 0 Å². The maximum atomic E-state index is 5.38. The Morgan fingerprint density at radius 2 is 2.17 bits per heavy atom. The Kier molecular flexibility index (Phi) is 3.73. The Labute approximate surface area is 105 Å². The average molecular weight is 247 g/mol. The zero-order chi connectivity index (χ0) is 13.0. The first-order valence-electron chi connectivity index (χ1n) is 5.71. The molecule has 0 spiro atoms. The first kappa shape index (κ1) is 12.3. The van der Waals surface area contributed by atoms with Crippen LogP contribution in [0.1, 0.15) is 12.5 Å². The van der Waals surface area contributed by atoms with Gasteiger partial charge in [0.05, 0.1) is 6.33 Å². The summed E-state index contributed by atoms with van der Waals surface area (Å²) < 4.78 is 2.01. The van der Waals surface area contributed by atoms with Crippen molar-refractivity contribution in [2.24, 2.45) is 5.84 Å². The van der Waals surface area contributed by atoms with Crippen LogP contribution in [0.3, 0.4) is 0 Å². The van der Waals surface area contributed by atoms with E-state index in [9.17, 15) is 0 Å². The molecular weight excluding hydrogens is 230 g/mol. The van der Waals surface area contributed by atoms with Gasteiger partial charge in [0.2, 0.25) is 0 Å². The molecule has 0 saturated heterocycles. The highest BCUT2D eigenvalue weighted by Crippen LogP contribution is 2.17. The topological polar surface area (TPSA) is 93.7 Å². The van der Waals surface area contributed by atoms with Crippen molar-refractivity contribution in [3.63, 3.8) is 0 Å². The number of nitrogens with two attached hydrogens (primary N) is 1. The van der Waals surface area contributed by atoms with Crippen LogP contribution in [-0.2, 0) is 6.54 Å². The highest BCUT2D eigenvalue weighted by Gasteiger charge is 2.09. The Morgan fingerprint density at radius 1 is 1.39 bits per heavy atom. The number of nitrogens with zero attached hydrogens (tertiary/aromatic N) is 4. The normalized spacial score (nSPS) is 12.2. The lowest BCUT2D eigenvalue weighted by Gasteiger charge is -2.17. The second-order valence-corrected chi connectivity index (χ2v) is 4.15. The molecule has 7 heteroatoms. The summed E-state index contributed by atoms with van der Waals surface area (Å²) in [6.45, 7) is 4.81. The molecule has 4 N–H and O–H groups in total. The molecule has 0 radical (unpaired) electrons. The lowest BCUT2D eigenvalue weighted by Crippen LogP contribution is -2.23. The maximum Gasteiger partial charge on any atom is 0.148 e. The monoisotopic (exact) mass is 247 g/mol. The summed E-state index contributed by atoms with van der Waals surface area (Å²) in [5.41, 5.74) is 3.45. The van der Waals surface area contributed by atoms with Gasteiger partial charge in [-0.1, -0.05) is 0 Å². The predicted molar refractivity (Wildman–Crippen MR) is 69.9 cm³/mol. The van der Waals surface area contributed by atoms with Gasteiger partial charge in [-0.3, -0.25) is 0 Å². The summed E-state index contributed by atoms with van der Waals surface area (Å²) in [6, 6.07) is 0.221. The number of anilines is 2. The standard InChI is InChI=1S/C11H17N7/c1-8(5-18-4-3-13-7-18)16-10-9(2)11(17-12)15-6-14-10/h3-4,6-8H,5,12H2,1-2H3,(H2,14,15,16,17). The molecule has 0 aliphatic rings. The van der Waals surface area contributed by atoms with Gasteiger partial charge in [-0.05, 0) is 13.8 Å². The molecule has 1 unspecified atom stereocenters. The van der Waals surface area contributed by atoms with E-state index in [1.807, 2.05) is 17.7 Å². The highest BCUT2D eigenvalue weighted by atomic mass is 15.3. The molecule has 0 amide bonds. The maximum absolute atomic E-state index is 5.38. The van der Waals surface area contributed by atoms with Gasteiger partial charge in [-0.25, -0.2) is 20.8 Å². The van der Waals surface area contributed by atoms with Crippen molar-refractivity contribution in [3.05, 3.63) is 30.6 Å². The van der Waals surface area contributed by atoms with Crippen LogP contribution in [0.5, 0.6) is 0 Å². The molecule has 2 heterocycles. The average Bonchev–Trinajstić information content (AvgIpc) is 2.84. The van der Waals surface area contributed by atoms with Gasteiger partial charge in [0, 0.05) is 30.5 Å². The molecule has 0 aliphatic heterocycles. The summed E-state index contributed by atoms with van der Waals surface area (Å²) in [4.78, 5) is 12.3. The number of aromatic nitrogens is 4. The van der Waals surface area contributed by atoms with E-state index in [-0.39, 0.29) is 6.04 Å². The van der Waals surface area contributed by atoms with Crippen LogP contribution in [0, 0.1) is 6.92 Å². The molecular formula is C11H17N7. The lowest BCUT2D eigenvalue weighted by molar-refractivity contribution is 0.616. The van der Waals surface area contributed by atoms with Crippen LogP contribution in [-0.4, -0.2) is 25.6 Å². The second-order valence-electron chi connectivity index (χ2n) is 4.15. The van der Waals surface area contributed by atoms with E-state index < -0.39 is 0 Å². The molecule has 0 aliphatic carbocycles. The fourth-order valence-electron chi connectivity index (χ4n) is 1.73. The van der Waals surface area contributed by atoms with Gasteiger partial charge in [0.1, 0.15) is 18.0 Å². The van der Waals surface area contributed by atoms with Crippen molar-refractivity contribution in [1.82, 2.24) is 19.5 Å². The van der Waals surface area contributed by atoms with Gasteiger partial charge >= 0.3 is 0 Å². The lowest BCUT2D eigenvalue weighted by atomic mass is 10.2. The number of nitrogen functional groups attached to an aromatic ring is 1. The molecule has 96 valence electrons. The summed E-state index contributed by atoms with van der Waals surface area (Å²) in [5, 5.41) is 3.33. The van der Waals surface area contributed by atoms with Crippen LogP contribution in [0.15, 0.2) is 25.0 Å². The van der Waals surface area contributed by atoms with Crippen LogP contribution in [0.4, 0.5) is 11.6 Å². The molecule has 2 rings (SSSR count). The van der Waals surface area contributed by atoms with Crippen molar-refractivity contribution in [2.75, 3.05) is 10.7 Å². The number of hydrogen-bond acceptors (Lipinski definition) is 6. The Morgan fingerprint density at radius 3 is 2.83 bits per heavy atom. The molecule has 2 aromatic rings. The van der Waals surface area contributed by atoms with Crippen molar-refractivity contribution < 1.29 is 0 Å². The quantitative estimate of drug-likeness (QED) is 0.533. The van der Waals surface area contributed by atoms with Gasteiger partial charge in [-0.15, -0.1) is 0 Å². The van der Waals surface area contributed by atoms with Crippen molar-refractivity contribution in [3.8, 4) is 0 Å². The van der Waals surface area contributed by atoms with E-state index >= 15 is 0 Å². The first-order chi connectivity index (χ1) is 8.70. The van der Waals surface area contributed by atoms with Crippen LogP contribution in [0.2, 0.25) is 0 Å². The number of nitrogens with one attached hydrogen (secondary N) is 2. The van der Waals surface area contributed by atoms with Crippen LogP contribution in [0.25, 0.3) is 0 Å². The van der Waals surface area contributed by atoms with E-state index in [0.29, 0.717) is 5.82 Å². The zero-order valence-corrected chi connectivity index (χ0v) is 10.5. The molecule has 0 fully saturated rings. The molecule has 0 bridgehead atoms. The largest absolute Gasteiger partial charge is 0.365 e. The first-order valence-corrected chi connectivity index (χ1v) is 5.71. The molecule has 18 heavy (non-hydrogen) atoms. The summed E-state index contributed by atoms with van der Waals surface area (Å²) in [7, 11) is 0. The van der Waals surface area contributed by atoms with Gasteiger partial charge in [0.15, 0.2) is 0 Å². The second kappa shape index (κ2) is 5.46. The van der Waals surface area contributed by atoms with E-state index in [1.165, 1.54) is 6.33 Å². The smallest absolute Gasteiger partial charge is 0.148 e. The minimum Gasteiger partial charge on any atom is -0.365 e. The van der Waals surface area contributed by atoms with E-state index in [1.54, 1.807) is 12.5 Å². The Bertz CT molecular complexity index is 494. The van der Waals surface area contributed by atoms with Crippen molar-refractivity contribution in [1.29, 1.82) is 0 Å². The predicted octanol–water partition coefficient (Wildman–Crippen LogP) is 0.768. The van der Waals surface area contributed by atoms with Crippen LogP contribution >= 0.6 is 0 Å². The highest BCUT2D eigenvalue weighted by molar-refractivity contribution is 5.56. The molecule has 1 atom stereocenters. The zero-order valence-electron chi connectivity index (χ0n) is 10.5. The number of hydrogen-bond donors (Lipinski definition) is 3. The van der Waals surface area contributed by atoms with E-state index in [2.05, 4.69) is 32.6 Å². The summed E-state index contributed by atoms with van der Waals surface area (Å²) in [5.74, 6) is 6.79. The fourth-order valence-corrected chi connectivity index (χ4v) is 1.73. The third-order valence-corrected chi connectivity index (χ3v) is 2.65. The summed E-state index contributed by atoms with van der Waals surface area (Å²) in [6.07, 6.45) is 6.96. The Hall–Kier alpha value is -2.15. The minimum atomic E-state index is 0.221. The summed E-state index contributed by atoms with van der Waals surface area (Å²) >= 11 is 0. The third-order valence-electron chi connectivity index (χ3n) is 2.65. The van der Waals surface area contributed by atoms with Crippen molar-refractivity contribution >= 4 is 11.6 Å².